The molecule has 1 unspecified atom stereocenters. The summed E-state index contributed by atoms with van der Waals surface area (Å²) in [6, 6.07) is 0.219. The minimum absolute atomic E-state index is 0.121. The highest BCUT2D eigenvalue weighted by molar-refractivity contribution is 5.85. The Bertz CT molecular complexity index is 392. The molecule has 0 amide bonds. The number of hydrogen-bond donors (Lipinski definition) is 1. The Kier molecular flexibility index (Phi) is 2.96. The van der Waals surface area contributed by atoms with Crippen molar-refractivity contribution in [3.05, 3.63) is 17.7 Å². The van der Waals surface area contributed by atoms with E-state index >= 15 is 0 Å². The summed E-state index contributed by atoms with van der Waals surface area (Å²) in [5.74, 6) is 0.0972. The highest BCUT2D eigenvalue weighted by Gasteiger charge is 2.25. The zero-order chi connectivity index (χ0) is 11.7. The summed E-state index contributed by atoms with van der Waals surface area (Å²) in [5.41, 5.74) is 0.121. The fourth-order valence-corrected chi connectivity index (χ4v) is 1.96. The Morgan fingerprint density at radius 3 is 2.94 bits per heavy atom. The van der Waals surface area contributed by atoms with Crippen LogP contribution in [0.3, 0.4) is 0 Å². The predicted molar refractivity (Wildman–Crippen MR) is 57.7 cm³/mol. The normalized spacial score (nSPS) is 20.6. The van der Waals surface area contributed by atoms with Crippen molar-refractivity contribution in [1.29, 1.82) is 0 Å². The van der Waals surface area contributed by atoms with Crippen molar-refractivity contribution in [2.45, 2.75) is 32.2 Å². The Morgan fingerprint density at radius 2 is 2.44 bits per heavy atom. The van der Waals surface area contributed by atoms with Crippen LogP contribution in [0.25, 0.3) is 0 Å². The van der Waals surface area contributed by atoms with Crippen LogP contribution < -0.4 is 0 Å². The molecule has 1 saturated heterocycles. The van der Waals surface area contributed by atoms with E-state index in [9.17, 15) is 4.79 Å². The molecule has 1 aromatic heterocycles. The van der Waals surface area contributed by atoms with Crippen molar-refractivity contribution in [2.75, 3.05) is 13.2 Å². The van der Waals surface area contributed by atoms with E-state index < -0.39 is 5.97 Å². The molecule has 5 nitrogen and oxygen atoms in total. The zero-order valence-corrected chi connectivity index (χ0v) is 9.51. The van der Waals surface area contributed by atoms with Gasteiger partial charge in [0, 0.05) is 24.8 Å². The van der Waals surface area contributed by atoms with Gasteiger partial charge in [-0.15, -0.1) is 0 Å². The highest BCUT2D eigenvalue weighted by atomic mass is 16.5. The van der Waals surface area contributed by atoms with Gasteiger partial charge in [-0.2, -0.15) is 0 Å². The maximum Gasteiger partial charge on any atom is 0.356 e. The topological polar surface area (TPSA) is 64.4 Å². The molecule has 1 fully saturated rings. The second-order valence-electron chi connectivity index (χ2n) is 4.35. The first-order chi connectivity index (χ1) is 7.59. The van der Waals surface area contributed by atoms with E-state index in [0.29, 0.717) is 6.61 Å². The summed E-state index contributed by atoms with van der Waals surface area (Å²) in [6.07, 6.45) is 2.53. The third kappa shape index (κ3) is 1.95. The fourth-order valence-electron chi connectivity index (χ4n) is 1.96. The summed E-state index contributed by atoms with van der Waals surface area (Å²) in [4.78, 5) is 15.1. The average Bonchev–Trinajstić information content (AvgIpc) is 2.86. The maximum absolute atomic E-state index is 10.9. The number of aromatic nitrogens is 2. The minimum Gasteiger partial charge on any atom is -0.476 e. The van der Waals surface area contributed by atoms with Gasteiger partial charge in [-0.1, -0.05) is 0 Å². The fraction of sp³-hybridized carbons (Fsp3) is 0.636. The van der Waals surface area contributed by atoms with Crippen molar-refractivity contribution >= 4 is 5.97 Å². The Morgan fingerprint density at radius 1 is 1.69 bits per heavy atom. The summed E-state index contributed by atoms with van der Waals surface area (Å²) in [6.45, 7) is 5.42. The molecule has 2 heterocycles. The maximum atomic E-state index is 10.9. The van der Waals surface area contributed by atoms with Crippen LogP contribution in [0.4, 0.5) is 0 Å². The van der Waals surface area contributed by atoms with Crippen LogP contribution in [0.15, 0.2) is 6.20 Å². The first-order valence-electron chi connectivity index (χ1n) is 5.49. The van der Waals surface area contributed by atoms with E-state index in [4.69, 9.17) is 9.84 Å². The molecular formula is C11H16N2O3. The third-order valence-electron chi connectivity index (χ3n) is 2.83. The second-order valence-corrected chi connectivity index (χ2v) is 4.35. The van der Waals surface area contributed by atoms with Crippen LogP contribution in [0.2, 0.25) is 0 Å². The lowest BCUT2D eigenvalue weighted by atomic mass is 10.1. The van der Waals surface area contributed by atoms with E-state index in [1.807, 2.05) is 18.4 Å². The minimum atomic E-state index is -0.973. The molecule has 1 aliphatic rings. The lowest BCUT2D eigenvalue weighted by Crippen LogP contribution is -2.10. The number of rotatable bonds is 3. The number of nitrogens with zero attached hydrogens (tertiary/aromatic N) is 2. The lowest BCUT2D eigenvalue weighted by Gasteiger charge is -2.14. The molecular weight excluding hydrogens is 208 g/mol. The largest absolute Gasteiger partial charge is 0.476 e. The van der Waals surface area contributed by atoms with Crippen LogP contribution in [0, 0.1) is 0 Å². The van der Waals surface area contributed by atoms with Gasteiger partial charge in [-0.3, -0.25) is 0 Å². The van der Waals surface area contributed by atoms with E-state index in [1.54, 1.807) is 6.20 Å². The predicted octanol–water partition coefficient (Wildman–Crippen LogP) is 1.67. The Balaban J connectivity index is 2.37. The average molecular weight is 224 g/mol. The van der Waals surface area contributed by atoms with Crippen LogP contribution in [-0.4, -0.2) is 33.8 Å². The number of aromatic carboxylic acids is 1. The van der Waals surface area contributed by atoms with Crippen LogP contribution >= 0.6 is 0 Å². The van der Waals surface area contributed by atoms with Gasteiger partial charge in [-0.05, 0) is 20.3 Å². The molecule has 1 aliphatic heterocycles. The van der Waals surface area contributed by atoms with Crippen molar-refractivity contribution in [3.8, 4) is 0 Å². The van der Waals surface area contributed by atoms with Crippen LogP contribution in [0.5, 0.6) is 0 Å². The number of carboxylic acids is 1. The molecule has 5 heteroatoms. The van der Waals surface area contributed by atoms with Gasteiger partial charge in [0.2, 0.25) is 0 Å². The molecule has 0 bridgehead atoms. The molecule has 2 rings (SSSR count). The number of ether oxygens (including phenoxy) is 1. The molecule has 0 radical (unpaired) electrons. The van der Waals surface area contributed by atoms with E-state index in [1.165, 1.54) is 0 Å². The number of carboxylic acid groups (broad SMARTS) is 1. The van der Waals surface area contributed by atoms with Gasteiger partial charge in [0.15, 0.2) is 5.69 Å². The van der Waals surface area contributed by atoms with Gasteiger partial charge in [0.05, 0.1) is 6.61 Å². The third-order valence-corrected chi connectivity index (χ3v) is 2.83. The standard InChI is InChI=1S/C11H16N2O3/c1-7(2)13-5-9(11(14)15)12-10(13)8-3-4-16-6-8/h5,7-8H,3-4,6H2,1-2H3,(H,14,15). The lowest BCUT2D eigenvalue weighted by molar-refractivity contribution is 0.0690. The van der Waals surface area contributed by atoms with Gasteiger partial charge in [0.25, 0.3) is 0 Å². The van der Waals surface area contributed by atoms with E-state index in [2.05, 4.69) is 4.98 Å². The van der Waals surface area contributed by atoms with Crippen molar-refractivity contribution in [3.63, 3.8) is 0 Å². The number of imidazole rings is 1. The summed E-state index contributed by atoms with van der Waals surface area (Å²) < 4.78 is 7.25. The molecule has 1 aromatic rings. The molecule has 88 valence electrons. The van der Waals surface area contributed by atoms with Crippen molar-refractivity contribution < 1.29 is 14.6 Å². The van der Waals surface area contributed by atoms with Crippen LogP contribution in [0.1, 0.15) is 48.5 Å². The van der Waals surface area contributed by atoms with Gasteiger partial charge >= 0.3 is 5.97 Å². The molecule has 1 N–H and O–H groups in total. The molecule has 0 aromatic carbocycles. The molecule has 0 saturated carbocycles. The first kappa shape index (κ1) is 11.1. The number of carbonyl (C=O) groups is 1. The summed E-state index contributed by atoms with van der Waals surface area (Å²) >= 11 is 0. The quantitative estimate of drug-likeness (QED) is 0.848. The summed E-state index contributed by atoms with van der Waals surface area (Å²) in [5, 5.41) is 8.94. The monoisotopic (exact) mass is 224 g/mol. The van der Waals surface area contributed by atoms with Gasteiger partial charge < -0.3 is 14.4 Å². The number of hydrogen-bond acceptors (Lipinski definition) is 3. The Hall–Kier alpha value is -1.36. The molecule has 0 spiro atoms. The molecule has 0 aliphatic carbocycles. The molecule has 16 heavy (non-hydrogen) atoms. The van der Waals surface area contributed by atoms with E-state index in [0.717, 1.165) is 18.9 Å². The SMILES string of the molecule is CC(C)n1cc(C(=O)O)nc1C1CCOC1. The second kappa shape index (κ2) is 4.25. The molecule has 1 atom stereocenters. The van der Waals surface area contributed by atoms with E-state index in [-0.39, 0.29) is 17.7 Å². The van der Waals surface area contributed by atoms with Crippen molar-refractivity contribution in [1.82, 2.24) is 9.55 Å². The highest BCUT2D eigenvalue weighted by Crippen LogP contribution is 2.26. The first-order valence-corrected chi connectivity index (χ1v) is 5.49. The van der Waals surface area contributed by atoms with Gasteiger partial charge in [0.1, 0.15) is 5.82 Å². The zero-order valence-electron chi connectivity index (χ0n) is 9.51. The van der Waals surface area contributed by atoms with Crippen LogP contribution in [-0.2, 0) is 4.74 Å². The smallest absolute Gasteiger partial charge is 0.356 e. The Labute approximate surface area is 94.1 Å². The van der Waals surface area contributed by atoms with Gasteiger partial charge in [-0.25, -0.2) is 9.78 Å². The van der Waals surface area contributed by atoms with Crippen molar-refractivity contribution in [2.24, 2.45) is 0 Å². The summed E-state index contributed by atoms with van der Waals surface area (Å²) in [7, 11) is 0.